The summed E-state index contributed by atoms with van der Waals surface area (Å²) in [5, 5.41) is 21.9. The van der Waals surface area contributed by atoms with Gasteiger partial charge in [-0.05, 0) is 86.8 Å². The lowest BCUT2D eigenvalue weighted by molar-refractivity contribution is -0.127. The molecule has 4 aromatic carbocycles. The average molecular weight is 688 g/mol. The van der Waals surface area contributed by atoms with Gasteiger partial charge in [0, 0.05) is 5.69 Å². The van der Waals surface area contributed by atoms with E-state index in [2.05, 4.69) is 31.1 Å². The van der Waals surface area contributed by atoms with Crippen molar-refractivity contribution in [3.8, 4) is 16.9 Å². The van der Waals surface area contributed by atoms with Gasteiger partial charge in [-0.1, -0.05) is 65.2 Å². The molecule has 2 amide bonds. The van der Waals surface area contributed by atoms with Crippen molar-refractivity contribution in [1.82, 2.24) is 0 Å². The zero-order valence-corrected chi connectivity index (χ0v) is 28.3. The molecule has 0 heterocycles. The number of benzene rings is 4. The van der Waals surface area contributed by atoms with Crippen LogP contribution >= 0.6 is 23.2 Å². The van der Waals surface area contributed by atoms with Crippen LogP contribution in [-0.4, -0.2) is 42.6 Å². The Labute approximate surface area is 287 Å². The second-order valence-corrected chi connectivity index (χ2v) is 11.6. The summed E-state index contributed by atoms with van der Waals surface area (Å²) in [5.74, 6) is -1.84. The molecule has 0 saturated heterocycles. The maximum Gasteiger partial charge on any atom is 0.258 e. The summed E-state index contributed by atoms with van der Waals surface area (Å²) >= 11 is 13.0. The number of nitrogens with one attached hydrogen (secondary N) is 2. The molecule has 0 aliphatic carbocycles. The number of rotatable bonds is 12. The van der Waals surface area contributed by atoms with Gasteiger partial charge in [-0.3, -0.25) is 19.2 Å². The maximum absolute atomic E-state index is 12.9. The summed E-state index contributed by atoms with van der Waals surface area (Å²) in [4.78, 5) is 50.2. The van der Waals surface area contributed by atoms with Crippen molar-refractivity contribution in [3.63, 3.8) is 0 Å². The second-order valence-electron chi connectivity index (χ2n) is 10.8. The van der Waals surface area contributed by atoms with Gasteiger partial charge in [-0.25, -0.2) is 0 Å². The Morgan fingerprint density at radius 1 is 0.667 bits per heavy atom. The second kappa shape index (κ2) is 16.0. The largest absolute Gasteiger partial charge is 0.495 e. The Kier molecular flexibility index (Phi) is 11.9. The van der Waals surface area contributed by atoms with Gasteiger partial charge in [0.2, 0.25) is 12.1 Å². The van der Waals surface area contributed by atoms with Crippen LogP contribution in [0.3, 0.4) is 0 Å². The summed E-state index contributed by atoms with van der Waals surface area (Å²) in [7, 11) is 1.47. The number of ether oxygens (including phenoxy) is 1. The Hall–Kier alpha value is -5.26. The van der Waals surface area contributed by atoms with E-state index in [0.29, 0.717) is 28.3 Å². The van der Waals surface area contributed by atoms with Crippen LogP contribution in [0.25, 0.3) is 11.1 Å². The van der Waals surface area contributed by atoms with Crippen molar-refractivity contribution in [3.05, 3.63) is 100 Å². The van der Waals surface area contributed by atoms with Crippen LogP contribution in [0.2, 0.25) is 10.0 Å². The van der Waals surface area contributed by atoms with Gasteiger partial charge < -0.3 is 15.4 Å². The van der Waals surface area contributed by atoms with Crippen LogP contribution in [0.5, 0.6) is 5.75 Å². The van der Waals surface area contributed by atoms with Crippen molar-refractivity contribution in [1.29, 1.82) is 0 Å². The minimum Gasteiger partial charge on any atom is -0.495 e. The monoisotopic (exact) mass is 686 g/mol. The highest BCUT2D eigenvalue weighted by Crippen LogP contribution is 2.35. The van der Waals surface area contributed by atoms with Gasteiger partial charge >= 0.3 is 0 Å². The SMILES string of the molecule is COc1ccccc1NC(=O)[C@H](N=Nc1ccc(-c2ccc(N=N[C@@H](C(C)=O)C(=O)Nc3ccc(C)cc3C)c(Cl)c2)cc1Cl)C(C)=O. The smallest absolute Gasteiger partial charge is 0.258 e. The summed E-state index contributed by atoms with van der Waals surface area (Å²) in [5.41, 5.74) is 4.71. The first kappa shape index (κ1) is 35.6. The van der Waals surface area contributed by atoms with Gasteiger partial charge in [-0.2, -0.15) is 20.5 Å². The third kappa shape index (κ3) is 8.96. The van der Waals surface area contributed by atoms with E-state index in [-0.39, 0.29) is 21.4 Å². The van der Waals surface area contributed by atoms with Crippen molar-refractivity contribution in [2.75, 3.05) is 17.7 Å². The number of methoxy groups -OCH3 is 1. The number of hydrogen-bond acceptors (Lipinski definition) is 9. The number of ketones is 2. The maximum atomic E-state index is 12.9. The van der Waals surface area contributed by atoms with Crippen LogP contribution in [0.4, 0.5) is 22.7 Å². The number of para-hydroxylation sites is 2. The Bertz CT molecular complexity index is 1940. The number of hydrogen-bond donors (Lipinski definition) is 2. The van der Waals surface area contributed by atoms with E-state index in [4.69, 9.17) is 27.9 Å². The molecule has 0 fully saturated rings. The van der Waals surface area contributed by atoms with Crippen LogP contribution in [0.1, 0.15) is 25.0 Å². The molecule has 4 rings (SSSR count). The van der Waals surface area contributed by atoms with Crippen molar-refractivity contribution < 1.29 is 23.9 Å². The molecular formula is C35H32Cl2N6O5. The zero-order valence-electron chi connectivity index (χ0n) is 26.7. The number of azo groups is 2. The number of aryl methyl sites for hydroxylation is 2. The van der Waals surface area contributed by atoms with E-state index in [1.54, 1.807) is 66.7 Å². The van der Waals surface area contributed by atoms with E-state index in [9.17, 15) is 19.2 Å². The van der Waals surface area contributed by atoms with E-state index >= 15 is 0 Å². The molecule has 0 aromatic heterocycles. The van der Waals surface area contributed by atoms with Gasteiger partial charge in [0.25, 0.3) is 11.8 Å². The van der Waals surface area contributed by atoms with Gasteiger partial charge in [0.1, 0.15) is 17.1 Å². The first-order valence-electron chi connectivity index (χ1n) is 14.6. The zero-order chi connectivity index (χ0) is 35.0. The third-order valence-electron chi connectivity index (χ3n) is 7.06. The number of Topliss-reactive ketones (excluding diaryl/α,β-unsaturated/α-hetero) is 2. The summed E-state index contributed by atoms with van der Waals surface area (Å²) in [6.45, 7) is 6.30. The third-order valence-corrected chi connectivity index (χ3v) is 7.67. The topological polar surface area (TPSA) is 151 Å². The highest BCUT2D eigenvalue weighted by atomic mass is 35.5. The minimum absolute atomic E-state index is 0.211. The molecule has 13 heteroatoms. The van der Waals surface area contributed by atoms with Gasteiger partial charge in [-0.15, -0.1) is 0 Å². The van der Waals surface area contributed by atoms with Gasteiger partial charge in [0.05, 0.1) is 22.8 Å². The Balaban J connectivity index is 1.47. The molecule has 11 nitrogen and oxygen atoms in total. The molecule has 0 unspecified atom stereocenters. The molecule has 0 saturated carbocycles. The molecule has 0 aliphatic heterocycles. The predicted molar refractivity (Wildman–Crippen MR) is 186 cm³/mol. The first-order chi connectivity index (χ1) is 22.9. The molecular weight excluding hydrogens is 655 g/mol. The van der Waals surface area contributed by atoms with E-state index in [1.165, 1.54) is 21.0 Å². The first-order valence-corrected chi connectivity index (χ1v) is 15.4. The van der Waals surface area contributed by atoms with Crippen molar-refractivity contribution in [2.24, 2.45) is 20.5 Å². The molecule has 2 N–H and O–H groups in total. The van der Waals surface area contributed by atoms with E-state index in [1.807, 2.05) is 26.0 Å². The van der Waals surface area contributed by atoms with E-state index < -0.39 is 35.5 Å². The van der Waals surface area contributed by atoms with Crippen molar-refractivity contribution >= 4 is 69.3 Å². The highest BCUT2D eigenvalue weighted by Gasteiger charge is 2.25. The summed E-state index contributed by atoms with van der Waals surface area (Å²) < 4.78 is 5.24. The number of anilines is 2. The minimum atomic E-state index is -1.41. The fraction of sp³-hybridized carbons (Fsp3) is 0.200. The van der Waals surface area contributed by atoms with Gasteiger partial charge in [0.15, 0.2) is 11.6 Å². The molecule has 0 bridgehead atoms. The highest BCUT2D eigenvalue weighted by molar-refractivity contribution is 6.34. The average Bonchev–Trinajstić information content (AvgIpc) is 3.03. The van der Waals surface area contributed by atoms with Crippen LogP contribution < -0.4 is 15.4 Å². The fourth-order valence-electron chi connectivity index (χ4n) is 4.52. The van der Waals surface area contributed by atoms with Crippen molar-refractivity contribution in [2.45, 2.75) is 39.8 Å². The molecule has 246 valence electrons. The molecule has 2 atom stereocenters. The quantitative estimate of drug-likeness (QED) is 0.113. The van der Waals surface area contributed by atoms with E-state index in [0.717, 1.165) is 11.1 Å². The fourth-order valence-corrected chi connectivity index (χ4v) is 4.95. The lowest BCUT2D eigenvalue weighted by Gasteiger charge is -2.12. The molecule has 0 aliphatic rings. The molecule has 4 aromatic rings. The molecule has 48 heavy (non-hydrogen) atoms. The number of carbonyl (C=O) groups excluding carboxylic acids is 4. The number of halogens is 2. The lowest BCUT2D eigenvalue weighted by atomic mass is 10.0. The predicted octanol–water partition coefficient (Wildman–Crippen LogP) is 8.65. The van der Waals surface area contributed by atoms with Crippen LogP contribution in [0, 0.1) is 13.8 Å². The number of nitrogens with zero attached hydrogens (tertiary/aromatic N) is 4. The lowest BCUT2D eigenvalue weighted by Crippen LogP contribution is -2.32. The Morgan fingerprint density at radius 3 is 1.62 bits per heavy atom. The molecule has 0 spiro atoms. The van der Waals surface area contributed by atoms with Crippen LogP contribution in [0.15, 0.2) is 99.3 Å². The number of amides is 2. The standard InChI is InChI=1S/C35H32Cl2N6O5/c1-19-10-13-27(20(2)16-19)38-34(46)32(21(3)44)42-40-28-14-11-23(17-25(28)36)24-12-15-29(26(37)18-24)41-43-33(22(4)45)35(47)39-30-8-6-7-9-31(30)48-5/h6-18,32-33H,1-5H3,(H,38,46)(H,39,47)/t32-,33+/m0/s1. The number of carbonyl (C=O) groups is 4. The Morgan fingerprint density at radius 2 is 1.17 bits per heavy atom. The molecule has 0 radical (unpaired) electrons. The summed E-state index contributed by atoms with van der Waals surface area (Å²) in [6, 6.07) is 19.4. The summed E-state index contributed by atoms with van der Waals surface area (Å²) in [6.07, 6.45) is 0. The normalized spacial score (nSPS) is 12.5. The van der Waals surface area contributed by atoms with Crippen LogP contribution in [-0.2, 0) is 19.2 Å².